The number of carbonyl (C=O) groups excluding carboxylic acids is 2. The van der Waals surface area contributed by atoms with Crippen molar-refractivity contribution in [2.24, 2.45) is 12.5 Å². The van der Waals surface area contributed by atoms with Crippen LogP contribution in [0.15, 0.2) is 42.6 Å². The summed E-state index contributed by atoms with van der Waals surface area (Å²) < 4.78 is 1.72. The van der Waals surface area contributed by atoms with Crippen LogP contribution in [-0.2, 0) is 23.1 Å². The molecule has 0 radical (unpaired) electrons. The number of amides is 2. The molecule has 0 bridgehead atoms. The van der Waals surface area contributed by atoms with E-state index in [-0.39, 0.29) is 17.2 Å². The van der Waals surface area contributed by atoms with E-state index in [2.05, 4.69) is 5.10 Å². The normalized spacial score (nSPS) is 19.3. The van der Waals surface area contributed by atoms with Crippen molar-refractivity contribution < 1.29 is 9.59 Å². The van der Waals surface area contributed by atoms with Gasteiger partial charge in [-0.15, -0.1) is 0 Å². The van der Waals surface area contributed by atoms with Crippen LogP contribution in [0.5, 0.6) is 0 Å². The number of hydrogen-bond donors (Lipinski definition) is 0. The van der Waals surface area contributed by atoms with Gasteiger partial charge in [-0.05, 0) is 24.8 Å². The molecule has 0 atom stereocenters. The average Bonchev–Trinajstić information content (AvgIpc) is 3.21. The first kappa shape index (κ1) is 16.8. The van der Waals surface area contributed by atoms with Gasteiger partial charge >= 0.3 is 0 Å². The zero-order chi connectivity index (χ0) is 18.1. The monoisotopic (exact) mass is 352 g/mol. The van der Waals surface area contributed by atoms with Gasteiger partial charge in [0.2, 0.25) is 11.8 Å². The van der Waals surface area contributed by atoms with E-state index < -0.39 is 0 Å². The minimum atomic E-state index is -0.318. The first-order valence-electron chi connectivity index (χ1n) is 9.21. The number of piperidine rings is 1. The van der Waals surface area contributed by atoms with E-state index in [9.17, 15) is 9.59 Å². The molecule has 136 valence electrons. The lowest BCUT2D eigenvalue weighted by atomic mass is 9.77. The van der Waals surface area contributed by atoms with Crippen LogP contribution < -0.4 is 4.90 Å². The van der Waals surface area contributed by atoms with Crippen molar-refractivity contribution in [3.63, 3.8) is 0 Å². The molecule has 2 amide bonds. The topological polar surface area (TPSA) is 58.4 Å². The van der Waals surface area contributed by atoms with E-state index >= 15 is 0 Å². The summed E-state index contributed by atoms with van der Waals surface area (Å²) in [5.41, 5.74) is 0.720. The molecule has 0 N–H and O–H groups in total. The van der Waals surface area contributed by atoms with Crippen molar-refractivity contribution in [3.05, 3.63) is 48.2 Å². The second-order valence-electron chi connectivity index (χ2n) is 7.38. The number of hydrogen-bond acceptors (Lipinski definition) is 3. The van der Waals surface area contributed by atoms with E-state index in [4.69, 9.17) is 0 Å². The van der Waals surface area contributed by atoms with Gasteiger partial charge in [0.1, 0.15) is 0 Å². The molecule has 0 saturated carbocycles. The molecule has 1 aromatic heterocycles. The zero-order valence-electron chi connectivity index (χ0n) is 15.1. The maximum atomic E-state index is 13.0. The van der Waals surface area contributed by atoms with Crippen molar-refractivity contribution in [3.8, 4) is 0 Å². The molecule has 2 saturated heterocycles. The number of aryl methyl sites for hydroxylation is 1. The van der Waals surface area contributed by atoms with Gasteiger partial charge in [0, 0.05) is 38.9 Å². The van der Waals surface area contributed by atoms with Gasteiger partial charge in [-0.1, -0.05) is 30.3 Å². The van der Waals surface area contributed by atoms with E-state index in [1.165, 1.54) is 0 Å². The number of anilines is 1. The van der Waals surface area contributed by atoms with Crippen LogP contribution in [0.4, 0.5) is 5.82 Å². The van der Waals surface area contributed by atoms with Crippen LogP contribution >= 0.6 is 0 Å². The van der Waals surface area contributed by atoms with Gasteiger partial charge in [-0.3, -0.25) is 19.2 Å². The molecule has 1 aromatic carbocycles. The van der Waals surface area contributed by atoms with Gasteiger partial charge in [0.05, 0.1) is 11.8 Å². The molecular weight excluding hydrogens is 328 g/mol. The van der Waals surface area contributed by atoms with E-state index in [1.54, 1.807) is 9.58 Å². The van der Waals surface area contributed by atoms with Crippen molar-refractivity contribution in [1.29, 1.82) is 0 Å². The van der Waals surface area contributed by atoms with Crippen LogP contribution in [0.3, 0.4) is 0 Å². The predicted molar refractivity (Wildman–Crippen MR) is 98.6 cm³/mol. The number of aromatic nitrogens is 2. The molecule has 2 fully saturated rings. The SMILES string of the molecule is Cn1ccc(N2CCC3(CCN(C(=O)Cc4ccccc4)CC3)C2=O)n1. The van der Waals surface area contributed by atoms with Gasteiger partial charge in [-0.2, -0.15) is 5.10 Å². The molecule has 2 aliphatic heterocycles. The lowest BCUT2D eigenvalue weighted by molar-refractivity contribution is -0.137. The number of rotatable bonds is 3. The first-order chi connectivity index (χ1) is 12.6. The molecule has 2 aliphatic rings. The smallest absolute Gasteiger partial charge is 0.234 e. The lowest BCUT2D eigenvalue weighted by Crippen LogP contribution is -2.47. The number of nitrogens with zero attached hydrogens (tertiary/aromatic N) is 4. The summed E-state index contributed by atoms with van der Waals surface area (Å²) in [6, 6.07) is 11.7. The molecule has 0 unspecified atom stereocenters. The Morgan fingerprint density at radius 1 is 1.08 bits per heavy atom. The third-order valence-electron chi connectivity index (χ3n) is 5.76. The summed E-state index contributed by atoms with van der Waals surface area (Å²) in [5.74, 6) is 1.06. The fourth-order valence-corrected chi connectivity index (χ4v) is 4.12. The van der Waals surface area contributed by atoms with Crippen molar-refractivity contribution in [2.75, 3.05) is 24.5 Å². The van der Waals surface area contributed by atoms with Crippen molar-refractivity contribution in [2.45, 2.75) is 25.7 Å². The maximum absolute atomic E-state index is 13.0. The third-order valence-corrected chi connectivity index (χ3v) is 5.76. The first-order valence-corrected chi connectivity index (χ1v) is 9.21. The van der Waals surface area contributed by atoms with Gasteiger partial charge in [0.25, 0.3) is 0 Å². The van der Waals surface area contributed by atoms with Crippen LogP contribution in [0.25, 0.3) is 0 Å². The van der Waals surface area contributed by atoms with Crippen molar-refractivity contribution >= 4 is 17.6 Å². The van der Waals surface area contributed by atoms with E-state index in [0.717, 1.165) is 30.6 Å². The fourth-order valence-electron chi connectivity index (χ4n) is 4.12. The van der Waals surface area contributed by atoms with Gasteiger partial charge in [0.15, 0.2) is 5.82 Å². The summed E-state index contributed by atoms with van der Waals surface area (Å²) >= 11 is 0. The average molecular weight is 352 g/mol. The Kier molecular flexibility index (Phi) is 4.26. The molecule has 4 rings (SSSR count). The standard InChI is InChI=1S/C20H24N4O2/c1-22-11-7-17(21-22)24-14-10-20(19(24)26)8-12-23(13-9-20)18(25)15-16-5-3-2-4-6-16/h2-7,11H,8-10,12-15H2,1H3. The molecule has 0 aliphatic carbocycles. The highest BCUT2D eigenvalue weighted by Crippen LogP contribution is 2.42. The summed E-state index contributed by atoms with van der Waals surface area (Å²) in [5, 5.41) is 4.37. The maximum Gasteiger partial charge on any atom is 0.234 e. The summed E-state index contributed by atoms with van der Waals surface area (Å²) in [6.07, 6.45) is 4.63. The summed E-state index contributed by atoms with van der Waals surface area (Å²) in [4.78, 5) is 29.3. The van der Waals surface area contributed by atoms with Crippen LogP contribution in [-0.4, -0.2) is 46.1 Å². The van der Waals surface area contributed by atoms with Crippen LogP contribution in [0.2, 0.25) is 0 Å². The summed E-state index contributed by atoms with van der Waals surface area (Å²) in [6.45, 7) is 2.04. The Morgan fingerprint density at radius 3 is 2.42 bits per heavy atom. The van der Waals surface area contributed by atoms with Gasteiger partial charge < -0.3 is 4.90 Å². The third kappa shape index (κ3) is 3.00. The number of benzene rings is 1. The Hall–Kier alpha value is -2.63. The highest BCUT2D eigenvalue weighted by atomic mass is 16.2. The fraction of sp³-hybridized carbons (Fsp3) is 0.450. The predicted octanol–water partition coefficient (Wildman–Crippen LogP) is 2.01. The quantitative estimate of drug-likeness (QED) is 0.849. The second kappa shape index (κ2) is 6.59. The molecule has 1 spiro atoms. The highest BCUT2D eigenvalue weighted by molar-refractivity contribution is 5.99. The summed E-state index contributed by atoms with van der Waals surface area (Å²) in [7, 11) is 1.86. The molecule has 26 heavy (non-hydrogen) atoms. The number of likely N-dealkylation sites (tertiary alicyclic amines) is 1. The Morgan fingerprint density at radius 2 is 1.77 bits per heavy atom. The van der Waals surface area contributed by atoms with E-state index in [1.807, 2.05) is 54.5 Å². The molecule has 3 heterocycles. The minimum Gasteiger partial charge on any atom is -0.342 e. The molecule has 2 aromatic rings. The van der Waals surface area contributed by atoms with Gasteiger partial charge in [-0.25, -0.2) is 0 Å². The Labute approximate surface area is 153 Å². The minimum absolute atomic E-state index is 0.151. The van der Waals surface area contributed by atoms with E-state index in [0.29, 0.717) is 26.1 Å². The zero-order valence-corrected chi connectivity index (χ0v) is 15.1. The Balaban J connectivity index is 1.38. The second-order valence-corrected chi connectivity index (χ2v) is 7.38. The van der Waals surface area contributed by atoms with Crippen LogP contribution in [0, 0.1) is 5.41 Å². The highest BCUT2D eigenvalue weighted by Gasteiger charge is 2.49. The lowest BCUT2D eigenvalue weighted by Gasteiger charge is -2.38. The van der Waals surface area contributed by atoms with Crippen molar-refractivity contribution in [1.82, 2.24) is 14.7 Å². The molecule has 6 heteroatoms. The largest absolute Gasteiger partial charge is 0.342 e. The molecule has 6 nitrogen and oxygen atoms in total. The van der Waals surface area contributed by atoms with Crippen LogP contribution in [0.1, 0.15) is 24.8 Å². The molecular formula is C20H24N4O2. The Bertz CT molecular complexity index is 806. The number of carbonyl (C=O) groups is 2.